The molecule has 1 N–H and O–H groups in total. The van der Waals surface area contributed by atoms with Crippen molar-refractivity contribution in [2.24, 2.45) is 5.92 Å². The summed E-state index contributed by atoms with van der Waals surface area (Å²) in [6.07, 6.45) is 3.34. The summed E-state index contributed by atoms with van der Waals surface area (Å²) in [6.45, 7) is 3.98. The number of alkyl halides is 1. The van der Waals surface area contributed by atoms with E-state index in [0.29, 0.717) is 11.8 Å². The fourth-order valence-corrected chi connectivity index (χ4v) is 3.01. The van der Waals surface area contributed by atoms with Crippen LogP contribution in [-0.4, -0.2) is 17.8 Å². The quantitative estimate of drug-likeness (QED) is 0.834. The Kier molecular flexibility index (Phi) is 4.28. The van der Waals surface area contributed by atoms with Gasteiger partial charge in [0, 0.05) is 17.5 Å². The summed E-state index contributed by atoms with van der Waals surface area (Å²) in [5.74, 6) is 1.11. The molecule has 1 aliphatic rings. The second kappa shape index (κ2) is 5.75. The normalized spacial score (nSPS) is 23.1. The summed E-state index contributed by atoms with van der Waals surface area (Å²) < 4.78 is 0. The maximum atomic E-state index is 12.3. The number of nitrogens with one attached hydrogen (secondary N) is 1. The van der Waals surface area contributed by atoms with Gasteiger partial charge in [-0.3, -0.25) is 4.79 Å². The van der Waals surface area contributed by atoms with Crippen LogP contribution < -0.4 is 5.32 Å². The number of aryl methyl sites for hydroxylation is 2. The van der Waals surface area contributed by atoms with E-state index in [9.17, 15) is 4.79 Å². The molecule has 0 radical (unpaired) electrons. The number of hydrogen-bond acceptors (Lipinski definition) is 1. The largest absolute Gasteiger partial charge is 0.349 e. The molecular weight excluding hydrogens is 246 g/mol. The first kappa shape index (κ1) is 13.4. The molecule has 0 aliphatic heterocycles. The van der Waals surface area contributed by atoms with Crippen LogP contribution >= 0.6 is 11.6 Å². The molecule has 1 aromatic carbocycles. The SMILES string of the molecule is Cc1ccc(C)c(C(=O)NC2CCCC2CCl)c1. The maximum absolute atomic E-state index is 12.3. The zero-order valence-electron chi connectivity index (χ0n) is 11.0. The lowest BCUT2D eigenvalue weighted by Crippen LogP contribution is -2.38. The Morgan fingerprint density at radius 2 is 2.17 bits per heavy atom. The van der Waals surface area contributed by atoms with Crippen molar-refractivity contribution in [3.63, 3.8) is 0 Å². The van der Waals surface area contributed by atoms with Crippen LogP contribution in [0.5, 0.6) is 0 Å². The summed E-state index contributed by atoms with van der Waals surface area (Å²) in [5, 5.41) is 3.14. The van der Waals surface area contributed by atoms with Crippen LogP contribution in [-0.2, 0) is 0 Å². The minimum Gasteiger partial charge on any atom is -0.349 e. The van der Waals surface area contributed by atoms with E-state index < -0.39 is 0 Å². The summed E-state index contributed by atoms with van der Waals surface area (Å²) in [7, 11) is 0. The minimum atomic E-state index is 0.0400. The van der Waals surface area contributed by atoms with Gasteiger partial charge in [-0.15, -0.1) is 11.6 Å². The number of rotatable bonds is 3. The lowest BCUT2D eigenvalue weighted by molar-refractivity contribution is 0.0929. The molecule has 1 amide bonds. The van der Waals surface area contributed by atoms with E-state index in [-0.39, 0.29) is 11.9 Å². The first-order valence-corrected chi connectivity index (χ1v) is 7.09. The number of carbonyl (C=O) groups is 1. The molecule has 3 heteroatoms. The molecule has 98 valence electrons. The number of amides is 1. The smallest absolute Gasteiger partial charge is 0.251 e. The fourth-order valence-electron chi connectivity index (χ4n) is 2.64. The van der Waals surface area contributed by atoms with Crippen molar-refractivity contribution in [3.8, 4) is 0 Å². The Balaban J connectivity index is 2.09. The molecule has 2 unspecified atom stereocenters. The Hall–Kier alpha value is -1.02. The van der Waals surface area contributed by atoms with E-state index >= 15 is 0 Å². The highest BCUT2D eigenvalue weighted by Gasteiger charge is 2.28. The van der Waals surface area contributed by atoms with Crippen molar-refractivity contribution in [2.75, 3.05) is 5.88 Å². The molecule has 0 saturated heterocycles. The number of hydrogen-bond donors (Lipinski definition) is 1. The molecule has 0 aromatic heterocycles. The molecule has 0 heterocycles. The van der Waals surface area contributed by atoms with Gasteiger partial charge in [0.2, 0.25) is 0 Å². The number of benzene rings is 1. The van der Waals surface area contributed by atoms with E-state index in [4.69, 9.17) is 11.6 Å². The van der Waals surface area contributed by atoms with Crippen molar-refractivity contribution in [2.45, 2.75) is 39.2 Å². The highest BCUT2D eigenvalue weighted by Crippen LogP contribution is 2.27. The Morgan fingerprint density at radius 1 is 1.39 bits per heavy atom. The van der Waals surface area contributed by atoms with Crippen LogP contribution in [0.3, 0.4) is 0 Å². The van der Waals surface area contributed by atoms with Crippen LogP contribution in [0.4, 0.5) is 0 Å². The molecule has 2 nitrogen and oxygen atoms in total. The zero-order valence-corrected chi connectivity index (χ0v) is 11.8. The van der Waals surface area contributed by atoms with Crippen LogP contribution in [0.25, 0.3) is 0 Å². The molecule has 2 rings (SSSR count). The highest BCUT2D eigenvalue weighted by molar-refractivity contribution is 6.18. The third kappa shape index (κ3) is 2.86. The average Bonchev–Trinajstić information content (AvgIpc) is 2.79. The van der Waals surface area contributed by atoms with Crippen LogP contribution in [0.2, 0.25) is 0 Å². The van der Waals surface area contributed by atoms with Gasteiger partial charge in [0.25, 0.3) is 5.91 Å². The van der Waals surface area contributed by atoms with Gasteiger partial charge in [-0.2, -0.15) is 0 Å². The number of carbonyl (C=O) groups excluding carboxylic acids is 1. The standard InChI is InChI=1S/C15H20ClNO/c1-10-6-7-11(2)13(8-10)15(18)17-14-5-3-4-12(14)9-16/h6-8,12,14H,3-5,9H2,1-2H3,(H,17,18). The molecule has 1 fully saturated rings. The zero-order chi connectivity index (χ0) is 13.1. The Bertz CT molecular complexity index is 444. The molecule has 0 bridgehead atoms. The van der Waals surface area contributed by atoms with Crippen LogP contribution in [0, 0.1) is 19.8 Å². The van der Waals surface area contributed by atoms with Crippen LogP contribution in [0.15, 0.2) is 18.2 Å². The van der Waals surface area contributed by atoms with Gasteiger partial charge in [0.05, 0.1) is 0 Å². The summed E-state index contributed by atoms with van der Waals surface area (Å²) in [4.78, 5) is 12.3. The predicted octanol–water partition coefficient (Wildman–Crippen LogP) is 3.44. The van der Waals surface area contributed by atoms with Crippen molar-refractivity contribution in [1.29, 1.82) is 0 Å². The summed E-state index contributed by atoms with van der Waals surface area (Å²) in [6, 6.07) is 6.23. The Labute approximate surface area is 114 Å². The predicted molar refractivity (Wildman–Crippen MR) is 75.2 cm³/mol. The third-order valence-corrected chi connectivity index (χ3v) is 4.21. The summed E-state index contributed by atoms with van der Waals surface area (Å²) >= 11 is 5.94. The lowest BCUT2D eigenvalue weighted by Gasteiger charge is -2.19. The lowest BCUT2D eigenvalue weighted by atomic mass is 10.0. The van der Waals surface area contributed by atoms with Gasteiger partial charge >= 0.3 is 0 Å². The average molecular weight is 266 g/mol. The maximum Gasteiger partial charge on any atom is 0.251 e. The minimum absolute atomic E-state index is 0.0400. The van der Waals surface area contributed by atoms with Crippen molar-refractivity contribution in [3.05, 3.63) is 34.9 Å². The fraction of sp³-hybridized carbons (Fsp3) is 0.533. The van der Waals surface area contributed by atoms with Crippen molar-refractivity contribution in [1.82, 2.24) is 5.32 Å². The topological polar surface area (TPSA) is 29.1 Å². The van der Waals surface area contributed by atoms with Crippen molar-refractivity contribution < 1.29 is 4.79 Å². The number of halogens is 1. The first-order valence-electron chi connectivity index (χ1n) is 6.56. The molecule has 2 atom stereocenters. The van der Waals surface area contributed by atoms with Gasteiger partial charge in [0.15, 0.2) is 0 Å². The first-order chi connectivity index (χ1) is 8.61. The Morgan fingerprint density at radius 3 is 2.89 bits per heavy atom. The molecule has 18 heavy (non-hydrogen) atoms. The van der Waals surface area contributed by atoms with Gasteiger partial charge in [-0.25, -0.2) is 0 Å². The molecule has 1 saturated carbocycles. The second-order valence-electron chi connectivity index (χ2n) is 5.24. The molecule has 0 spiro atoms. The van der Waals surface area contributed by atoms with Crippen molar-refractivity contribution >= 4 is 17.5 Å². The molecular formula is C15H20ClNO. The van der Waals surface area contributed by atoms with Gasteiger partial charge < -0.3 is 5.32 Å². The van der Waals surface area contributed by atoms with Gasteiger partial charge in [0.1, 0.15) is 0 Å². The summed E-state index contributed by atoms with van der Waals surface area (Å²) in [5.41, 5.74) is 2.93. The van der Waals surface area contributed by atoms with E-state index in [1.807, 2.05) is 32.0 Å². The van der Waals surface area contributed by atoms with E-state index in [2.05, 4.69) is 5.32 Å². The van der Waals surface area contributed by atoms with E-state index in [1.54, 1.807) is 0 Å². The van der Waals surface area contributed by atoms with E-state index in [0.717, 1.165) is 36.0 Å². The molecule has 1 aliphatic carbocycles. The monoisotopic (exact) mass is 265 g/mol. The van der Waals surface area contributed by atoms with Gasteiger partial charge in [-0.1, -0.05) is 24.1 Å². The van der Waals surface area contributed by atoms with E-state index in [1.165, 1.54) is 0 Å². The molecule has 1 aromatic rings. The highest BCUT2D eigenvalue weighted by atomic mass is 35.5. The van der Waals surface area contributed by atoms with Gasteiger partial charge in [-0.05, 0) is 44.2 Å². The second-order valence-corrected chi connectivity index (χ2v) is 5.55. The third-order valence-electron chi connectivity index (χ3n) is 3.81. The van der Waals surface area contributed by atoms with Crippen LogP contribution in [0.1, 0.15) is 40.7 Å².